The van der Waals surface area contributed by atoms with E-state index in [-0.39, 0.29) is 30.7 Å². The smallest absolute Gasteiger partial charge is 0.229 e. The number of carbonyl (C=O) groups is 2. The van der Waals surface area contributed by atoms with Crippen LogP contribution in [0.15, 0.2) is 59.1 Å². The Balaban J connectivity index is 1.62. The third-order valence-corrected chi connectivity index (χ3v) is 4.71. The first kappa shape index (κ1) is 16.3. The van der Waals surface area contributed by atoms with Crippen LogP contribution in [0.5, 0.6) is 0 Å². The summed E-state index contributed by atoms with van der Waals surface area (Å²) in [4.78, 5) is 26.9. The van der Waals surface area contributed by atoms with Crippen molar-refractivity contribution < 1.29 is 14.1 Å². The van der Waals surface area contributed by atoms with Crippen molar-refractivity contribution in [2.45, 2.75) is 18.9 Å². The van der Waals surface area contributed by atoms with Gasteiger partial charge in [-0.05, 0) is 17.7 Å². The van der Waals surface area contributed by atoms with Crippen LogP contribution in [0.25, 0.3) is 11.0 Å². The lowest BCUT2D eigenvalue weighted by molar-refractivity contribution is -0.133. The predicted octanol–water partition coefficient (Wildman–Crippen LogP) is 2.46. The van der Waals surface area contributed by atoms with E-state index >= 15 is 0 Å². The van der Waals surface area contributed by atoms with Gasteiger partial charge in [-0.15, -0.1) is 0 Å². The molecular weight excluding hydrogens is 330 g/mol. The number of amides is 2. The molecule has 4 rings (SSSR count). The molecule has 0 spiro atoms. The van der Waals surface area contributed by atoms with Gasteiger partial charge in [0.2, 0.25) is 11.8 Å². The van der Waals surface area contributed by atoms with Gasteiger partial charge in [0.15, 0.2) is 5.58 Å². The van der Waals surface area contributed by atoms with Gasteiger partial charge in [-0.25, -0.2) is 0 Å². The van der Waals surface area contributed by atoms with Gasteiger partial charge in [-0.2, -0.15) is 0 Å². The van der Waals surface area contributed by atoms with Crippen LogP contribution in [-0.4, -0.2) is 35.0 Å². The first-order valence-corrected chi connectivity index (χ1v) is 8.67. The van der Waals surface area contributed by atoms with Crippen molar-refractivity contribution >= 4 is 22.8 Å². The van der Waals surface area contributed by atoms with Crippen molar-refractivity contribution in [2.24, 2.45) is 0 Å². The van der Waals surface area contributed by atoms with Crippen LogP contribution in [0, 0.1) is 0 Å². The summed E-state index contributed by atoms with van der Waals surface area (Å²) in [6.45, 7) is 0.924. The average molecular weight is 349 g/mol. The Kier molecular flexibility index (Phi) is 4.39. The monoisotopic (exact) mass is 349 g/mol. The summed E-state index contributed by atoms with van der Waals surface area (Å²) < 4.78 is 5.30. The Morgan fingerprint density at radius 2 is 1.92 bits per heavy atom. The standard InChI is InChI=1S/C20H19N3O3/c24-19-13-17(14-6-2-1-3-7-14)23(11-10-21-19)20(25)12-16-15-8-4-5-9-18(15)26-22-16/h1-9,17H,10-13H2,(H,21,24)/t17-/m0/s1. The summed E-state index contributed by atoms with van der Waals surface area (Å²) in [6, 6.07) is 16.9. The highest BCUT2D eigenvalue weighted by Crippen LogP contribution is 2.27. The SMILES string of the molecule is O=C1C[C@@H](c2ccccc2)N(C(=O)Cc2noc3ccccc23)CCN1. The number of hydrogen-bond acceptors (Lipinski definition) is 4. The summed E-state index contributed by atoms with van der Waals surface area (Å²) >= 11 is 0. The molecule has 6 nitrogen and oxygen atoms in total. The number of para-hydroxylation sites is 1. The second kappa shape index (κ2) is 7.00. The molecule has 2 aromatic carbocycles. The maximum atomic E-state index is 13.1. The third-order valence-electron chi connectivity index (χ3n) is 4.71. The first-order chi connectivity index (χ1) is 12.7. The van der Waals surface area contributed by atoms with Crippen molar-refractivity contribution in [3.8, 4) is 0 Å². The van der Waals surface area contributed by atoms with Gasteiger partial charge in [0.1, 0.15) is 5.69 Å². The molecule has 1 saturated heterocycles. The molecule has 1 aromatic heterocycles. The number of benzene rings is 2. The van der Waals surface area contributed by atoms with Crippen LogP contribution in [0.4, 0.5) is 0 Å². The zero-order chi connectivity index (χ0) is 17.9. The van der Waals surface area contributed by atoms with Gasteiger partial charge in [0, 0.05) is 18.5 Å². The Bertz CT molecular complexity index is 936. The molecule has 0 radical (unpaired) electrons. The van der Waals surface area contributed by atoms with Crippen LogP contribution >= 0.6 is 0 Å². The lowest BCUT2D eigenvalue weighted by Gasteiger charge is -2.29. The summed E-state index contributed by atoms with van der Waals surface area (Å²) in [7, 11) is 0. The minimum Gasteiger partial charge on any atom is -0.356 e. The molecule has 2 amide bonds. The van der Waals surface area contributed by atoms with E-state index in [4.69, 9.17) is 4.52 Å². The maximum absolute atomic E-state index is 13.1. The molecule has 6 heteroatoms. The number of nitrogens with one attached hydrogen (secondary N) is 1. The molecule has 0 bridgehead atoms. The number of rotatable bonds is 3. The minimum absolute atomic E-state index is 0.0407. The van der Waals surface area contributed by atoms with Gasteiger partial charge in [0.05, 0.1) is 18.9 Å². The molecule has 1 aliphatic rings. The van der Waals surface area contributed by atoms with Gasteiger partial charge < -0.3 is 14.7 Å². The van der Waals surface area contributed by atoms with Crippen molar-refractivity contribution in [1.29, 1.82) is 0 Å². The number of hydrogen-bond donors (Lipinski definition) is 1. The van der Waals surface area contributed by atoms with Gasteiger partial charge in [-0.3, -0.25) is 9.59 Å². The van der Waals surface area contributed by atoms with Crippen LogP contribution < -0.4 is 5.32 Å². The lowest BCUT2D eigenvalue weighted by atomic mass is 10.0. The quantitative estimate of drug-likeness (QED) is 0.788. The minimum atomic E-state index is -0.274. The Morgan fingerprint density at radius 1 is 1.15 bits per heavy atom. The Labute approximate surface area is 150 Å². The zero-order valence-electron chi connectivity index (χ0n) is 14.2. The van der Waals surface area contributed by atoms with Crippen LogP contribution in [0.3, 0.4) is 0 Å². The maximum Gasteiger partial charge on any atom is 0.229 e. The van der Waals surface area contributed by atoms with E-state index < -0.39 is 0 Å². The van der Waals surface area contributed by atoms with Crippen molar-refractivity contribution in [3.63, 3.8) is 0 Å². The molecular formula is C20H19N3O3. The van der Waals surface area contributed by atoms with E-state index in [2.05, 4.69) is 10.5 Å². The third kappa shape index (κ3) is 3.18. The highest BCUT2D eigenvalue weighted by atomic mass is 16.5. The molecule has 1 aliphatic heterocycles. The van der Waals surface area contributed by atoms with Crippen molar-refractivity contribution in [3.05, 3.63) is 65.9 Å². The van der Waals surface area contributed by atoms with E-state index in [1.54, 1.807) is 4.90 Å². The van der Waals surface area contributed by atoms with Crippen LogP contribution in [0.2, 0.25) is 0 Å². The topological polar surface area (TPSA) is 75.4 Å². The van der Waals surface area contributed by atoms with Gasteiger partial charge in [-0.1, -0.05) is 47.6 Å². The molecule has 1 fully saturated rings. The van der Waals surface area contributed by atoms with Crippen LogP contribution in [0.1, 0.15) is 23.7 Å². The van der Waals surface area contributed by atoms with E-state index in [0.717, 1.165) is 10.9 Å². The average Bonchev–Trinajstić information content (AvgIpc) is 2.96. The Hall–Kier alpha value is -3.15. The molecule has 1 N–H and O–H groups in total. The molecule has 3 aromatic rings. The first-order valence-electron chi connectivity index (χ1n) is 8.67. The largest absolute Gasteiger partial charge is 0.356 e. The molecule has 2 heterocycles. The fraction of sp³-hybridized carbons (Fsp3) is 0.250. The summed E-state index contributed by atoms with van der Waals surface area (Å²) in [5, 5.41) is 7.76. The predicted molar refractivity (Wildman–Crippen MR) is 96.2 cm³/mol. The van der Waals surface area contributed by atoms with E-state index in [0.29, 0.717) is 24.4 Å². The molecule has 1 atom stereocenters. The van der Waals surface area contributed by atoms with Crippen LogP contribution in [-0.2, 0) is 16.0 Å². The summed E-state index contributed by atoms with van der Waals surface area (Å²) in [6.07, 6.45) is 0.407. The summed E-state index contributed by atoms with van der Waals surface area (Å²) in [5.74, 6) is -0.101. The molecule has 26 heavy (non-hydrogen) atoms. The van der Waals surface area contributed by atoms with Gasteiger partial charge >= 0.3 is 0 Å². The number of fused-ring (bicyclic) bond motifs is 1. The van der Waals surface area contributed by atoms with Gasteiger partial charge in [0.25, 0.3) is 0 Å². The molecule has 132 valence electrons. The number of carbonyl (C=O) groups excluding carboxylic acids is 2. The molecule has 0 aliphatic carbocycles. The number of aromatic nitrogens is 1. The van der Waals surface area contributed by atoms with Crippen molar-refractivity contribution in [1.82, 2.24) is 15.4 Å². The molecule has 0 saturated carbocycles. The highest BCUT2D eigenvalue weighted by molar-refractivity contribution is 5.87. The zero-order valence-corrected chi connectivity index (χ0v) is 14.2. The second-order valence-electron chi connectivity index (χ2n) is 6.37. The molecule has 0 unspecified atom stereocenters. The lowest BCUT2D eigenvalue weighted by Crippen LogP contribution is -2.37. The van der Waals surface area contributed by atoms with Crippen molar-refractivity contribution in [2.75, 3.05) is 13.1 Å². The normalized spacial score (nSPS) is 17.8. The van der Waals surface area contributed by atoms with E-state index in [1.165, 1.54) is 0 Å². The van der Waals surface area contributed by atoms with E-state index in [9.17, 15) is 9.59 Å². The fourth-order valence-electron chi connectivity index (χ4n) is 3.41. The second-order valence-corrected chi connectivity index (χ2v) is 6.37. The Morgan fingerprint density at radius 3 is 2.77 bits per heavy atom. The number of nitrogens with zero attached hydrogens (tertiary/aromatic N) is 2. The fourth-order valence-corrected chi connectivity index (χ4v) is 3.41. The van der Waals surface area contributed by atoms with E-state index in [1.807, 2.05) is 54.6 Å². The highest BCUT2D eigenvalue weighted by Gasteiger charge is 2.30. The summed E-state index contributed by atoms with van der Waals surface area (Å²) in [5.41, 5.74) is 2.26.